The molecule has 0 aliphatic carbocycles. The second-order valence-corrected chi connectivity index (χ2v) is 2.05. The van der Waals surface area contributed by atoms with Gasteiger partial charge in [0, 0.05) is 6.61 Å². The van der Waals surface area contributed by atoms with Gasteiger partial charge in [-0.2, -0.15) is 0 Å². The second-order valence-electron chi connectivity index (χ2n) is 2.05. The smallest absolute Gasteiger partial charge is 0.116 e. The Bertz CT molecular complexity index is 76.9. The highest BCUT2D eigenvalue weighted by molar-refractivity contribution is 5.44. The predicted molar refractivity (Wildman–Crippen MR) is 37.8 cm³/mol. The molecule has 1 aliphatic rings. The predicted octanol–water partition coefficient (Wildman–Crippen LogP) is 0.363. The van der Waals surface area contributed by atoms with E-state index >= 15 is 0 Å². The Morgan fingerprint density at radius 3 is 2.60 bits per heavy atom. The number of hydrogen-bond acceptors (Lipinski definition) is 3. The average Bonchev–Trinajstić information content (AvgIpc) is 2.39. The first-order valence-electron chi connectivity index (χ1n) is 3.47. The Labute approximate surface area is 61.0 Å². The molecule has 0 bridgehead atoms. The molecule has 1 fully saturated rings. The van der Waals surface area contributed by atoms with Gasteiger partial charge in [-0.25, -0.2) is 0 Å². The van der Waals surface area contributed by atoms with E-state index in [-0.39, 0.29) is 12.7 Å². The third-order valence-corrected chi connectivity index (χ3v) is 1.23. The summed E-state index contributed by atoms with van der Waals surface area (Å²) in [6, 6.07) is 0. The van der Waals surface area contributed by atoms with E-state index in [1.807, 2.05) is 0 Å². The molecule has 1 rings (SSSR count). The molecule has 10 heavy (non-hydrogen) atoms. The number of aldehydes is 1. The van der Waals surface area contributed by atoms with Crippen LogP contribution in [0.3, 0.4) is 0 Å². The number of rotatable bonds is 1. The fourth-order valence-electron chi connectivity index (χ4n) is 0.788. The van der Waals surface area contributed by atoms with Crippen molar-refractivity contribution in [3.8, 4) is 0 Å². The molecule has 0 saturated carbocycles. The third-order valence-electron chi connectivity index (χ3n) is 1.23. The quantitative estimate of drug-likeness (QED) is 0.543. The normalized spacial score (nSPS) is 23.2. The summed E-state index contributed by atoms with van der Waals surface area (Å²) in [7, 11) is 0. The van der Waals surface area contributed by atoms with Gasteiger partial charge in [0.2, 0.25) is 0 Å². The molecule has 0 aromatic rings. The van der Waals surface area contributed by atoms with E-state index in [9.17, 15) is 0 Å². The summed E-state index contributed by atoms with van der Waals surface area (Å²) in [5.74, 6) is 0. The molecule has 0 aromatic carbocycles. The van der Waals surface area contributed by atoms with Gasteiger partial charge in [-0.05, 0) is 19.8 Å². The third kappa shape index (κ3) is 4.47. The summed E-state index contributed by atoms with van der Waals surface area (Å²) in [5.41, 5.74) is 0. The lowest BCUT2D eigenvalue weighted by atomic mass is 10.2. The average molecular weight is 146 g/mol. The molecule has 0 amide bonds. The molecule has 60 valence electrons. The van der Waals surface area contributed by atoms with Crippen molar-refractivity contribution in [3.63, 3.8) is 0 Å². The van der Waals surface area contributed by atoms with E-state index < -0.39 is 0 Å². The van der Waals surface area contributed by atoms with Crippen LogP contribution in [-0.2, 0) is 9.53 Å². The summed E-state index contributed by atoms with van der Waals surface area (Å²) in [6.45, 7) is 2.48. The van der Waals surface area contributed by atoms with E-state index in [0.717, 1.165) is 25.7 Å². The van der Waals surface area contributed by atoms with Gasteiger partial charge in [0.25, 0.3) is 0 Å². The first-order valence-corrected chi connectivity index (χ1v) is 3.47. The van der Waals surface area contributed by atoms with E-state index in [1.165, 1.54) is 6.92 Å². The summed E-state index contributed by atoms with van der Waals surface area (Å²) in [6.07, 6.45) is 3.06. The van der Waals surface area contributed by atoms with Crippen LogP contribution in [0.5, 0.6) is 0 Å². The Hall–Kier alpha value is -0.410. The minimum atomic E-state index is 0.153. The molecular formula is C7H14O3. The standard InChI is InChI=1S/C5H10O2.C2H4O/c6-4-5-2-1-3-7-5;1-2-3/h5-6H,1-4H2;2H,1H3. The molecule has 1 aliphatic heterocycles. The lowest BCUT2D eigenvalue weighted by Gasteiger charge is -2.00. The number of aliphatic hydroxyl groups excluding tert-OH is 1. The van der Waals surface area contributed by atoms with Crippen molar-refractivity contribution in [2.45, 2.75) is 25.9 Å². The van der Waals surface area contributed by atoms with Crippen LogP contribution >= 0.6 is 0 Å². The highest BCUT2D eigenvalue weighted by Crippen LogP contribution is 2.09. The molecule has 3 heteroatoms. The lowest BCUT2D eigenvalue weighted by molar-refractivity contribution is -0.106. The highest BCUT2D eigenvalue weighted by Gasteiger charge is 2.12. The minimum Gasteiger partial charge on any atom is -0.394 e. The van der Waals surface area contributed by atoms with Crippen LogP contribution in [0.2, 0.25) is 0 Å². The summed E-state index contributed by atoms with van der Waals surface area (Å²) >= 11 is 0. The summed E-state index contributed by atoms with van der Waals surface area (Å²) in [4.78, 5) is 8.81. The van der Waals surface area contributed by atoms with Crippen molar-refractivity contribution < 1.29 is 14.6 Å². The van der Waals surface area contributed by atoms with Crippen molar-refractivity contribution in [1.29, 1.82) is 0 Å². The molecule has 1 unspecified atom stereocenters. The van der Waals surface area contributed by atoms with E-state index in [0.29, 0.717) is 0 Å². The number of hydrogen-bond donors (Lipinski definition) is 1. The molecule has 0 spiro atoms. The van der Waals surface area contributed by atoms with E-state index in [4.69, 9.17) is 14.6 Å². The Kier molecular flexibility index (Phi) is 6.43. The van der Waals surface area contributed by atoms with Crippen molar-refractivity contribution in [1.82, 2.24) is 0 Å². The number of ether oxygens (including phenoxy) is 1. The topological polar surface area (TPSA) is 46.5 Å². The van der Waals surface area contributed by atoms with E-state index in [1.54, 1.807) is 0 Å². The first-order chi connectivity index (χ1) is 4.85. The zero-order valence-corrected chi connectivity index (χ0v) is 6.25. The fourth-order valence-corrected chi connectivity index (χ4v) is 0.788. The molecule has 0 aromatic heterocycles. The number of carbonyl (C=O) groups is 1. The van der Waals surface area contributed by atoms with Crippen molar-refractivity contribution in [2.75, 3.05) is 13.2 Å². The zero-order chi connectivity index (χ0) is 7.82. The van der Waals surface area contributed by atoms with Crippen LogP contribution in [0.4, 0.5) is 0 Å². The Balaban J connectivity index is 0.000000236. The van der Waals surface area contributed by atoms with Crippen molar-refractivity contribution in [3.05, 3.63) is 0 Å². The van der Waals surface area contributed by atoms with Gasteiger partial charge in [0.05, 0.1) is 12.7 Å². The zero-order valence-electron chi connectivity index (χ0n) is 6.25. The Morgan fingerprint density at radius 2 is 2.40 bits per heavy atom. The molecule has 0 radical (unpaired) electrons. The lowest BCUT2D eigenvalue weighted by Crippen LogP contribution is -2.09. The summed E-state index contributed by atoms with van der Waals surface area (Å²) < 4.78 is 5.05. The number of carbonyl (C=O) groups excluding carboxylic acids is 1. The van der Waals surface area contributed by atoms with Crippen molar-refractivity contribution in [2.24, 2.45) is 0 Å². The monoisotopic (exact) mass is 146 g/mol. The van der Waals surface area contributed by atoms with Gasteiger partial charge >= 0.3 is 0 Å². The van der Waals surface area contributed by atoms with Gasteiger partial charge in [0.15, 0.2) is 0 Å². The van der Waals surface area contributed by atoms with Gasteiger partial charge in [-0.1, -0.05) is 0 Å². The minimum absolute atomic E-state index is 0.153. The van der Waals surface area contributed by atoms with Crippen molar-refractivity contribution >= 4 is 6.29 Å². The second kappa shape index (κ2) is 6.71. The van der Waals surface area contributed by atoms with Crippen LogP contribution in [0.25, 0.3) is 0 Å². The highest BCUT2D eigenvalue weighted by atomic mass is 16.5. The van der Waals surface area contributed by atoms with Gasteiger partial charge in [-0.15, -0.1) is 0 Å². The van der Waals surface area contributed by atoms with Crippen LogP contribution in [0.1, 0.15) is 19.8 Å². The Morgan fingerprint density at radius 1 is 1.80 bits per heavy atom. The van der Waals surface area contributed by atoms with E-state index in [2.05, 4.69) is 0 Å². The van der Waals surface area contributed by atoms with Gasteiger partial charge in [-0.3, -0.25) is 0 Å². The maximum Gasteiger partial charge on any atom is 0.116 e. The molecule has 1 atom stereocenters. The maximum atomic E-state index is 8.81. The van der Waals surface area contributed by atoms with Crippen LogP contribution in [0, 0.1) is 0 Å². The number of aliphatic hydroxyl groups is 1. The molecule has 1 N–H and O–H groups in total. The van der Waals surface area contributed by atoms with Crippen LogP contribution in [0.15, 0.2) is 0 Å². The SMILES string of the molecule is CC=O.OCC1CCCO1. The molecule has 3 nitrogen and oxygen atoms in total. The molecule has 1 heterocycles. The molecular weight excluding hydrogens is 132 g/mol. The fraction of sp³-hybridized carbons (Fsp3) is 0.857. The van der Waals surface area contributed by atoms with Crippen LogP contribution < -0.4 is 0 Å². The molecule has 1 saturated heterocycles. The summed E-state index contributed by atoms with van der Waals surface area (Å²) in [5, 5.41) is 8.44. The van der Waals surface area contributed by atoms with Gasteiger partial charge in [0.1, 0.15) is 6.29 Å². The largest absolute Gasteiger partial charge is 0.394 e. The van der Waals surface area contributed by atoms with Gasteiger partial charge < -0.3 is 14.6 Å². The maximum absolute atomic E-state index is 8.81. The first kappa shape index (κ1) is 9.59. The van der Waals surface area contributed by atoms with Crippen LogP contribution in [-0.4, -0.2) is 30.7 Å².